The fourth-order valence-corrected chi connectivity index (χ4v) is 3.42. The van der Waals surface area contributed by atoms with Crippen LogP contribution in [0.25, 0.3) is 0 Å². The molecule has 1 aliphatic carbocycles. The number of nitrogens with zero attached hydrogens (tertiary/aromatic N) is 2. The van der Waals surface area contributed by atoms with Crippen molar-refractivity contribution in [3.8, 4) is 5.75 Å². The van der Waals surface area contributed by atoms with E-state index in [-0.39, 0.29) is 30.1 Å². The number of hydrogen-bond acceptors (Lipinski definition) is 7. The minimum absolute atomic E-state index is 0.0441. The predicted molar refractivity (Wildman–Crippen MR) is 130 cm³/mol. The Morgan fingerprint density at radius 3 is 2.39 bits per heavy atom. The third kappa shape index (κ3) is 6.32. The normalized spacial score (nSPS) is 18.5. The van der Waals surface area contributed by atoms with Crippen LogP contribution >= 0.6 is 15.9 Å². The summed E-state index contributed by atoms with van der Waals surface area (Å²) in [5, 5.41) is 10.8. The van der Waals surface area contributed by atoms with Gasteiger partial charge < -0.3 is 18.8 Å². The molecule has 0 amide bonds. The minimum Gasteiger partial charge on any atom is -0.483 e. The van der Waals surface area contributed by atoms with Crippen molar-refractivity contribution in [2.24, 2.45) is 0 Å². The number of methoxy groups -OCH3 is 1. The fourth-order valence-electron chi connectivity index (χ4n) is 3.10. The molecule has 1 aromatic heterocycles. The van der Waals surface area contributed by atoms with Gasteiger partial charge in [-0.3, -0.25) is 15.1 Å². The smallest absolute Gasteiger partial charge is 0.483 e. The average Bonchev–Trinajstić information content (AvgIpc) is 3.50. The summed E-state index contributed by atoms with van der Waals surface area (Å²) < 4.78 is 23.4. The summed E-state index contributed by atoms with van der Waals surface area (Å²) >= 11 is 3.34. The van der Waals surface area contributed by atoms with Crippen LogP contribution in [0.2, 0.25) is 0 Å². The molecule has 0 bridgehead atoms. The second-order valence-corrected chi connectivity index (χ2v) is 10.1. The Morgan fingerprint density at radius 1 is 1.21 bits per heavy atom. The SMILES string of the molecule is COCc1cc(B2OC(C)(C)C(C)(C)O2)ccn1.Cc1cc([N+](=O)[O-])c(OC2CC2)cc1Br. The zero-order valence-corrected chi connectivity index (χ0v) is 21.5. The Kier molecular flexibility index (Phi) is 7.83. The molecule has 10 heteroatoms. The van der Waals surface area contributed by atoms with Gasteiger partial charge in [-0.15, -0.1) is 0 Å². The van der Waals surface area contributed by atoms with Crippen LogP contribution in [0.15, 0.2) is 34.9 Å². The van der Waals surface area contributed by atoms with E-state index in [1.165, 1.54) is 6.07 Å². The van der Waals surface area contributed by atoms with Crippen LogP contribution in [0, 0.1) is 17.0 Å². The molecule has 2 aliphatic rings. The van der Waals surface area contributed by atoms with Crippen molar-refractivity contribution in [1.29, 1.82) is 0 Å². The van der Waals surface area contributed by atoms with Gasteiger partial charge in [-0.05, 0) is 70.6 Å². The zero-order valence-electron chi connectivity index (χ0n) is 19.9. The third-order valence-electron chi connectivity index (χ3n) is 5.91. The lowest BCUT2D eigenvalue weighted by Gasteiger charge is -2.32. The molecule has 1 aromatic carbocycles. The highest BCUT2D eigenvalue weighted by Gasteiger charge is 2.51. The van der Waals surface area contributed by atoms with Crippen LogP contribution in [0.1, 0.15) is 51.8 Å². The van der Waals surface area contributed by atoms with Crippen LogP contribution in [0.4, 0.5) is 5.69 Å². The number of aromatic nitrogens is 1. The van der Waals surface area contributed by atoms with E-state index in [0.717, 1.165) is 34.0 Å². The Hall–Kier alpha value is -2.01. The molecule has 178 valence electrons. The quantitative estimate of drug-likeness (QED) is 0.308. The number of benzene rings is 1. The van der Waals surface area contributed by atoms with Gasteiger partial charge in [0, 0.05) is 29.9 Å². The van der Waals surface area contributed by atoms with Gasteiger partial charge in [0.1, 0.15) is 0 Å². The van der Waals surface area contributed by atoms with Gasteiger partial charge in [0.25, 0.3) is 0 Å². The molecule has 4 rings (SSSR count). The molecule has 2 fully saturated rings. The Balaban J connectivity index is 0.000000189. The molecular weight excluding hydrogens is 491 g/mol. The molecule has 1 aliphatic heterocycles. The molecular formula is C23H30BBrN2O6. The number of hydrogen-bond donors (Lipinski definition) is 0. The summed E-state index contributed by atoms with van der Waals surface area (Å²) in [5.74, 6) is 0.361. The lowest BCUT2D eigenvalue weighted by molar-refractivity contribution is -0.386. The highest BCUT2D eigenvalue weighted by atomic mass is 79.9. The number of halogens is 1. The fraction of sp³-hybridized carbons (Fsp3) is 0.522. The van der Waals surface area contributed by atoms with Crippen molar-refractivity contribution >= 4 is 34.2 Å². The molecule has 0 N–H and O–H groups in total. The number of nitro benzene ring substituents is 1. The summed E-state index contributed by atoms with van der Waals surface area (Å²) in [7, 11) is 1.32. The predicted octanol–water partition coefficient (Wildman–Crippen LogP) is 4.73. The van der Waals surface area contributed by atoms with Crippen molar-refractivity contribution < 1.29 is 23.7 Å². The number of pyridine rings is 1. The largest absolute Gasteiger partial charge is 0.494 e. The van der Waals surface area contributed by atoms with Crippen LogP contribution in [0.5, 0.6) is 5.75 Å². The number of aryl methyl sites for hydroxylation is 1. The number of ether oxygens (including phenoxy) is 2. The first-order chi connectivity index (χ1) is 15.4. The van der Waals surface area contributed by atoms with E-state index in [1.54, 1.807) is 19.4 Å². The summed E-state index contributed by atoms with van der Waals surface area (Å²) in [6, 6.07) is 7.08. The van der Waals surface area contributed by atoms with Crippen LogP contribution in [0.3, 0.4) is 0 Å². The summed E-state index contributed by atoms with van der Waals surface area (Å²) in [6.07, 6.45) is 3.90. The molecule has 8 nitrogen and oxygen atoms in total. The molecule has 1 saturated carbocycles. The highest BCUT2D eigenvalue weighted by Crippen LogP contribution is 2.37. The lowest BCUT2D eigenvalue weighted by atomic mass is 9.79. The third-order valence-corrected chi connectivity index (χ3v) is 6.77. The van der Waals surface area contributed by atoms with Crippen molar-refractivity contribution in [3.63, 3.8) is 0 Å². The first kappa shape index (κ1) is 25.6. The first-order valence-corrected chi connectivity index (χ1v) is 11.6. The molecule has 0 radical (unpaired) electrons. The van der Waals surface area contributed by atoms with E-state index in [1.807, 2.05) is 46.8 Å². The summed E-state index contributed by atoms with van der Waals surface area (Å²) in [4.78, 5) is 14.6. The van der Waals surface area contributed by atoms with Crippen molar-refractivity contribution in [3.05, 3.63) is 56.3 Å². The Labute approximate surface area is 203 Å². The highest BCUT2D eigenvalue weighted by molar-refractivity contribution is 9.10. The lowest BCUT2D eigenvalue weighted by Crippen LogP contribution is -2.41. The van der Waals surface area contributed by atoms with E-state index in [9.17, 15) is 10.1 Å². The monoisotopic (exact) mass is 520 g/mol. The average molecular weight is 521 g/mol. The van der Waals surface area contributed by atoms with Gasteiger partial charge >= 0.3 is 12.8 Å². The maximum absolute atomic E-state index is 10.8. The molecule has 2 aromatic rings. The van der Waals surface area contributed by atoms with Crippen LogP contribution in [-0.4, -0.2) is 41.4 Å². The second kappa shape index (κ2) is 10.1. The van der Waals surface area contributed by atoms with E-state index in [2.05, 4.69) is 20.9 Å². The van der Waals surface area contributed by atoms with Gasteiger partial charge in [-0.2, -0.15) is 0 Å². The molecule has 0 atom stereocenters. The standard InChI is InChI=1S/C13H20BNO3.C10H10BrNO3/c1-12(2)13(3,4)18-14(17-12)10-6-7-15-11(8-10)9-16-5;1-6-4-9(12(13)14)10(5-8(6)11)15-7-2-3-7/h6-8H,9H2,1-5H3;4-5,7H,2-3H2,1H3. The maximum Gasteiger partial charge on any atom is 0.494 e. The van der Waals surface area contributed by atoms with Crippen molar-refractivity contribution in [1.82, 2.24) is 4.98 Å². The topological polar surface area (TPSA) is 93.0 Å². The number of rotatable bonds is 6. The van der Waals surface area contributed by atoms with Gasteiger partial charge in [-0.1, -0.05) is 15.9 Å². The van der Waals surface area contributed by atoms with Crippen LogP contribution in [-0.2, 0) is 20.7 Å². The molecule has 0 spiro atoms. The Bertz CT molecular complexity index is 996. The molecule has 33 heavy (non-hydrogen) atoms. The van der Waals surface area contributed by atoms with E-state index in [4.69, 9.17) is 18.8 Å². The zero-order chi connectivity index (χ0) is 24.4. The van der Waals surface area contributed by atoms with Crippen molar-refractivity contribution in [2.75, 3.05) is 7.11 Å². The molecule has 2 heterocycles. The van der Waals surface area contributed by atoms with E-state index in [0.29, 0.717) is 12.4 Å². The summed E-state index contributed by atoms with van der Waals surface area (Å²) in [5.41, 5.74) is 2.11. The van der Waals surface area contributed by atoms with Gasteiger partial charge in [0.05, 0.1) is 34.5 Å². The van der Waals surface area contributed by atoms with Gasteiger partial charge in [0.2, 0.25) is 0 Å². The van der Waals surface area contributed by atoms with Gasteiger partial charge in [-0.25, -0.2) is 0 Å². The molecule has 1 saturated heterocycles. The second-order valence-electron chi connectivity index (χ2n) is 9.25. The minimum atomic E-state index is -0.406. The number of nitro groups is 1. The maximum atomic E-state index is 10.8. The summed E-state index contributed by atoms with van der Waals surface area (Å²) in [6.45, 7) is 10.5. The van der Waals surface area contributed by atoms with E-state index >= 15 is 0 Å². The Morgan fingerprint density at radius 2 is 1.85 bits per heavy atom. The molecule has 0 unspecified atom stereocenters. The van der Waals surface area contributed by atoms with Gasteiger partial charge in [0.15, 0.2) is 5.75 Å². The van der Waals surface area contributed by atoms with Crippen LogP contribution < -0.4 is 10.2 Å². The first-order valence-electron chi connectivity index (χ1n) is 10.8. The van der Waals surface area contributed by atoms with Crippen molar-refractivity contribution in [2.45, 2.75) is 71.4 Å². The van der Waals surface area contributed by atoms with E-state index < -0.39 is 4.92 Å².